The largest absolute Gasteiger partial charge is 0.508 e. The van der Waals surface area contributed by atoms with E-state index in [1.54, 1.807) is 23.2 Å². The van der Waals surface area contributed by atoms with E-state index >= 15 is 0 Å². The molecule has 0 radical (unpaired) electrons. The molecule has 0 saturated heterocycles. The van der Waals surface area contributed by atoms with Crippen molar-refractivity contribution in [2.75, 3.05) is 4.90 Å². The van der Waals surface area contributed by atoms with E-state index < -0.39 is 5.91 Å². The molecule has 38 heavy (non-hydrogen) atoms. The number of hydrogen-bond acceptors (Lipinski definition) is 5. The van der Waals surface area contributed by atoms with E-state index in [1.807, 2.05) is 61.5 Å². The molecule has 1 amide bonds. The van der Waals surface area contributed by atoms with E-state index in [9.17, 15) is 19.4 Å². The highest BCUT2D eigenvalue weighted by Gasteiger charge is 2.22. The molecule has 1 aromatic heterocycles. The number of aryl methyl sites for hydroxylation is 1. The van der Waals surface area contributed by atoms with Gasteiger partial charge < -0.3 is 15.1 Å². The molecule has 2 N–H and O–H groups in total. The van der Waals surface area contributed by atoms with Crippen molar-refractivity contribution >= 4 is 11.6 Å². The minimum Gasteiger partial charge on any atom is -0.508 e. The third-order valence-electron chi connectivity index (χ3n) is 6.15. The zero-order valence-electron chi connectivity index (χ0n) is 20.5. The normalized spacial score (nSPS) is 10.8. The summed E-state index contributed by atoms with van der Waals surface area (Å²) in [6.45, 7) is 2.17. The van der Waals surface area contributed by atoms with Crippen molar-refractivity contribution in [3.05, 3.63) is 126 Å². The maximum Gasteiger partial charge on any atom is 0.262 e. The highest BCUT2D eigenvalue weighted by atomic mass is 19.1. The Kier molecular flexibility index (Phi) is 6.82. The van der Waals surface area contributed by atoms with Crippen LogP contribution < -0.4 is 4.90 Å². The summed E-state index contributed by atoms with van der Waals surface area (Å²) in [5.74, 6) is -0.786. The molecule has 1 heterocycles. The fourth-order valence-corrected chi connectivity index (χ4v) is 4.19. The van der Waals surface area contributed by atoms with Crippen LogP contribution in [0.3, 0.4) is 0 Å². The summed E-state index contributed by atoms with van der Waals surface area (Å²) in [6.07, 6.45) is 1.70. The smallest absolute Gasteiger partial charge is 0.262 e. The number of amides is 1. The highest BCUT2D eigenvalue weighted by Crippen LogP contribution is 2.30. The molecule has 7 heteroatoms. The number of anilines is 1. The average Bonchev–Trinajstić information content (AvgIpc) is 2.92. The summed E-state index contributed by atoms with van der Waals surface area (Å²) >= 11 is 0. The summed E-state index contributed by atoms with van der Waals surface area (Å²) in [5.41, 5.74) is 4.55. The molecule has 5 rings (SSSR count). The predicted molar refractivity (Wildman–Crippen MR) is 144 cm³/mol. The van der Waals surface area contributed by atoms with Crippen LogP contribution in [-0.4, -0.2) is 26.1 Å². The van der Waals surface area contributed by atoms with Crippen molar-refractivity contribution in [2.24, 2.45) is 0 Å². The molecule has 6 nitrogen and oxygen atoms in total. The van der Waals surface area contributed by atoms with Gasteiger partial charge in [0.15, 0.2) is 5.82 Å². The third-order valence-corrected chi connectivity index (χ3v) is 6.15. The molecule has 0 aliphatic heterocycles. The molecule has 0 aliphatic rings. The Hall–Kier alpha value is -5.04. The summed E-state index contributed by atoms with van der Waals surface area (Å²) in [5, 5.41) is 20.0. The molecule has 0 bridgehead atoms. The number of carbonyl (C=O) groups is 1. The van der Waals surface area contributed by atoms with Crippen LogP contribution in [0.25, 0.3) is 22.6 Å². The van der Waals surface area contributed by atoms with Crippen molar-refractivity contribution in [1.29, 1.82) is 0 Å². The lowest BCUT2D eigenvalue weighted by Crippen LogP contribution is -2.30. The van der Waals surface area contributed by atoms with Gasteiger partial charge in [-0.25, -0.2) is 14.4 Å². The lowest BCUT2D eigenvalue weighted by molar-refractivity contribution is 0.0982. The zero-order valence-corrected chi connectivity index (χ0v) is 20.5. The molecule has 0 fully saturated rings. The van der Waals surface area contributed by atoms with Crippen LogP contribution in [0.4, 0.5) is 10.1 Å². The first-order chi connectivity index (χ1) is 18.4. The Morgan fingerprint density at radius 1 is 0.868 bits per heavy atom. The van der Waals surface area contributed by atoms with Gasteiger partial charge in [0.2, 0.25) is 0 Å². The summed E-state index contributed by atoms with van der Waals surface area (Å²) in [7, 11) is 0. The van der Waals surface area contributed by atoms with Crippen LogP contribution in [0.5, 0.6) is 11.5 Å². The number of aromatic hydroxyl groups is 2. The monoisotopic (exact) mass is 505 g/mol. The fraction of sp³-hybridized carbons (Fsp3) is 0.0645. The Labute approximate surface area is 219 Å². The maximum atomic E-state index is 13.7. The van der Waals surface area contributed by atoms with Crippen molar-refractivity contribution in [3.63, 3.8) is 0 Å². The Morgan fingerprint density at radius 3 is 2.34 bits per heavy atom. The van der Waals surface area contributed by atoms with E-state index in [2.05, 4.69) is 9.97 Å². The van der Waals surface area contributed by atoms with Gasteiger partial charge in [-0.05, 0) is 54.4 Å². The molecule has 0 atom stereocenters. The first kappa shape index (κ1) is 24.6. The second kappa shape index (κ2) is 10.5. The van der Waals surface area contributed by atoms with Crippen molar-refractivity contribution < 1.29 is 19.4 Å². The van der Waals surface area contributed by atoms with Gasteiger partial charge in [0.05, 0.1) is 17.8 Å². The molecular formula is C31H24FN3O3. The number of benzene rings is 4. The predicted octanol–water partition coefficient (Wildman–Crippen LogP) is 6.52. The van der Waals surface area contributed by atoms with Gasteiger partial charge >= 0.3 is 0 Å². The van der Waals surface area contributed by atoms with Crippen LogP contribution >= 0.6 is 0 Å². The fourth-order valence-electron chi connectivity index (χ4n) is 4.19. The zero-order chi connectivity index (χ0) is 26.6. The van der Waals surface area contributed by atoms with Gasteiger partial charge in [-0.2, -0.15) is 0 Å². The molecular weight excluding hydrogens is 481 g/mol. The molecule has 0 spiro atoms. The average molecular weight is 506 g/mol. The molecule has 4 aromatic carbocycles. The number of halogens is 1. The Balaban J connectivity index is 1.51. The quantitative estimate of drug-likeness (QED) is 0.275. The topological polar surface area (TPSA) is 86.6 Å². The SMILES string of the molecule is Cc1cnc(-c2cccc(F)c2)nc1-c1ccc(N(Cc2ccccc2)C(=O)c2ccc(O)cc2O)cc1. The van der Waals surface area contributed by atoms with E-state index in [0.29, 0.717) is 22.8 Å². The van der Waals surface area contributed by atoms with Gasteiger partial charge in [0, 0.05) is 29.1 Å². The van der Waals surface area contributed by atoms with E-state index in [0.717, 1.165) is 22.8 Å². The molecule has 0 saturated carbocycles. The lowest BCUT2D eigenvalue weighted by atomic mass is 10.1. The molecule has 188 valence electrons. The van der Waals surface area contributed by atoms with Gasteiger partial charge in [-0.15, -0.1) is 0 Å². The Bertz CT molecular complexity index is 1610. The first-order valence-electron chi connectivity index (χ1n) is 12.0. The number of nitrogens with zero attached hydrogens (tertiary/aromatic N) is 3. The van der Waals surface area contributed by atoms with Gasteiger partial charge in [0.1, 0.15) is 17.3 Å². The van der Waals surface area contributed by atoms with Crippen LogP contribution in [0, 0.1) is 12.7 Å². The number of hydrogen-bond donors (Lipinski definition) is 2. The van der Waals surface area contributed by atoms with Crippen molar-refractivity contribution in [2.45, 2.75) is 13.5 Å². The minimum atomic E-state index is -0.411. The number of phenolic OH excluding ortho intramolecular Hbond substituents is 2. The second-order valence-corrected chi connectivity index (χ2v) is 8.86. The van der Waals surface area contributed by atoms with Crippen molar-refractivity contribution in [3.8, 4) is 34.1 Å². The van der Waals surface area contributed by atoms with E-state index in [4.69, 9.17) is 0 Å². The van der Waals surface area contributed by atoms with Crippen LogP contribution in [0.15, 0.2) is 103 Å². The second-order valence-electron chi connectivity index (χ2n) is 8.86. The first-order valence-corrected chi connectivity index (χ1v) is 12.0. The summed E-state index contributed by atoms with van der Waals surface area (Å²) in [6, 6.07) is 26.9. The maximum absolute atomic E-state index is 13.7. The van der Waals surface area contributed by atoms with E-state index in [-0.39, 0.29) is 29.4 Å². The van der Waals surface area contributed by atoms with Gasteiger partial charge in [0.25, 0.3) is 5.91 Å². The highest BCUT2D eigenvalue weighted by molar-refractivity contribution is 6.08. The van der Waals surface area contributed by atoms with Crippen LogP contribution in [-0.2, 0) is 6.54 Å². The lowest BCUT2D eigenvalue weighted by Gasteiger charge is -2.24. The third kappa shape index (κ3) is 5.22. The van der Waals surface area contributed by atoms with E-state index in [1.165, 1.54) is 24.3 Å². The molecule has 0 aliphatic carbocycles. The number of phenols is 2. The number of carbonyl (C=O) groups excluding carboxylic acids is 1. The summed E-state index contributed by atoms with van der Waals surface area (Å²) in [4.78, 5) is 24.2. The summed E-state index contributed by atoms with van der Waals surface area (Å²) < 4.78 is 13.7. The van der Waals surface area contributed by atoms with Gasteiger partial charge in [-0.3, -0.25) is 4.79 Å². The van der Waals surface area contributed by atoms with Gasteiger partial charge in [-0.1, -0.05) is 54.6 Å². The van der Waals surface area contributed by atoms with Crippen LogP contribution in [0.2, 0.25) is 0 Å². The minimum absolute atomic E-state index is 0.0780. The number of aromatic nitrogens is 2. The number of rotatable bonds is 6. The molecule has 0 unspecified atom stereocenters. The van der Waals surface area contributed by atoms with Crippen LogP contribution in [0.1, 0.15) is 21.5 Å². The van der Waals surface area contributed by atoms with Crippen molar-refractivity contribution in [1.82, 2.24) is 9.97 Å². The Morgan fingerprint density at radius 2 is 1.63 bits per heavy atom. The molecule has 5 aromatic rings. The standard InChI is InChI=1S/C31H24FN3O3/c1-20-18-33-30(23-8-5-9-24(32)16-23)34-29(20)22-10-12-25(13-11-22)35(19-21-6-3-2-4-7-21)31(38)27-15-14-26(36)17-28(27)37/h2-18,36-37H,19H2,1H3.